The van der Waals surface area contributed by atoms with Gasteiger partial charge in [-0.25, -0.2) is 0 Å². The summed E-state index contributed by atoms with van der Waals surface area (Å²) in [6.45, 7) is 1.73. The predicted molar refractivity (Wildman–Crippen MR) is 39.5 cm³/mol. The lowest BCUT2D eigenvalue weighted by Gasteiger charge is -1.98. The van der Waals surface area contributed by atoms with Crippen molar-refractivity contribution < 1.29 is 5.21 Å². The van der Waals surface area contributed by atoms with Gasteiger partial charge >= 0.3 is 0 Å². The summed E-state index contributed by atoms with van der Waals surface area (Å²) < 4.78 is 0.833. The number of nitrogens with zero attached hydrogens (tertiary/aromatic N) is 1. The molecule has 0 atom stereocenters. The number of aromatic nitrogens is 1. The van der Waals surface area contributed by atoms with Gasteiger partial charge in [0.05, 0.1) is 5.69 Å². The number of aryl methyl sites for hydroxylation is 1. The molecule has 4 heteroatoms. The zero-order valence-corrected chi connectivity index (χ0v) is 6.35. The molecule has 0 fully saturated rings. The van der Waals surface area contributed by atoms with E-state index in [0.717, 1.165) is 4.73 Å². The average molecular weight is 161 g/mol. The Hall–Kier alpha value is -0.960. The first-order valence-corrected chi connectivity index (χ1v) is 2.64. The highest BCUT2D eigenvalue weighted by molar-refractivity contribution is 5.85. The van der Waals surface area contributed by atoms with Gasteiger partial charge in [0.1, 0.15) is 0 Å². The number of hydrogen-bond acceptors (Lipinski definition) is 2. The molecule has 1 aromatic heterocycles. The Labute approximate surface area is 64.8 Å². The van der Waals surface area contributed by atoms with Crippen LogP contribution in [-0.4, -0.2) is 9.94 Å². The average Bonchev–Trinajstić information content (AvgIpc) is 1.83. The normalized spacial score (nSPS) is 8.50. The van der Waals surface area contributed by atoms with Crippen molar-refractivity contribution in [3.8, 4) is 0 Å². The standard InChI is InChI=1S/C6H8N2O.ClH/c1-5-3-2-4-6(7)8(5)9;/h2-4,7,9H,1H3;1H. The highest BCUT2D eigenvalue weighted by Crippen LogP contribution is 1.86. The number of pyridine rings is 1. The Kier molecular flexibility index (Phi) is 2.96. The second-order valence-corrected chi connectivity index (χ2v) is 1.86. The van der Waals surface area contributed by atoms with Gasteiger partial charge in [0.25, 0.3) is 0 Å². The molecular weight excluding hydrogens is 152 g/mol. The molecule has 0 bridgehead atoms. The van der Waals surface area contributed by atoms with E-state index in [1.54, 1.807) is 19.1 Å². The fourth-order valence-corrected chi connectivity index (χ4v) is 0.610. The molecule has 56 valence electrons. The molecule has 0 radical (unpaired) electrons. The fourth-order valence-electron chi connectivity index (χ4n) is 0.610. The number of nitrogens with one attached hydrogen (secondary N) is 1. The van der Waals surface area contributed by atoms with Crippen LogP contribution >= 0.6 is 12.4 Å². The molecule has 2 N–H and O–H groups in total. The van der Waals surface area contributed by atoms with E-state index in [0.29, 0.717) is 5.69 Å². The van der Waals surface area contributed by atoms with E-state index in [-0.39, 0.29) is 17.9 Å². The van der Waals surface area contributed by atoms with Gasteiger partial charge < -0.3 is 5.21 Å². The molecule has 1 aromatic rings. The molecular formula is C6H9ClN2O. The number of hydrogen-bond donors (Lipinski definition) is 2. The van der Waals surface area contributed by atoms with Crippen molar-refractivity contribution in [1.29, 1.82) is 5.41 Å². The van der Waals surface area contributed by atoms with Gasteiger partial charge in [-0.2, -0.15) is 4.73 Å². The molecule has 0 amide bonds. The van der Waals surface area contributed by atoms with Crippen molar-refractivity contribution in [3.05, 3.63) is 29.4 Å². The van der Waals surface area contributed by atoms with Crippen molar-refractivity contribution in [2.75, 3.05) is 0 Å². The van der Waals surface area contributed by atoms with E-state index in [1.807, 2.05) is 0 Å². The van der Waals surface area contributed by atoms with Gasteiger partial charge in [-0.1, -0.05) is 6.07 Å². The first-order chi connectivity index (χ1) is 4.22. The molecule has 1 heterocycles. The van der Waals surface area contributed by atoms with Crippen LogP contribution < -0.4 is 5.49 Å². The second kappa shape index (κ2) is 3.27. The molecule has 0 saturated heterocycles. The third-order valence-electron chi connectivity index (χ3n) is 1.15. The zero-order valence-electron chi connectivity index (χ0n) is 5.53. The Morgan fingerprint density at radius 3 is 2.50 bits per heavy atom. The Morgan fingerprint density at radius 2 is 2.10 bits per heavy atom. The Balaban J connectivity index is 0.000000810. The summed E-state index contributed by atoms with van der Waals surface area (Å²) in [6, 6.07) is 4.98. The number of halogens is 1. The third kappa shape index (κ3) is 1.51. The summed E-state index contributed by atoms with van der Waals surface area (Å²) >= 11 is 0. The Morgan fingerprint density at radius 1 is 1.50 bits per heavy atom. The topological polar surface area (TPSA) is 49.0 Å². The monoisotopic (exact) mass is 160 g/mol. The molecule has 0 aliphatic rings. The molecule has 0 aromatic carbocycles. The predicted octanol–water partition coefficient (Wildman–Crippen LogP) is 0.935. The molecule has 1 rings (SSSR count). The SMILES string of the molecule is Cc1cccc(=N)n1O.Cl. The second-order valence-electron chi connectivity index (χ2n) is 1.86. The highest BCUT2D eigenvalue weighted by atomic mass is 35.5. The first kappa shape index (κ1) is 9.04. The lowest BCUT2D eigenvalue weighted by atomic mass is 10.4. The number of rotatable bonds is 0. The van der Waals surface area contributed by atoms with Crippen LogP contribution in [0.25, 0.3) is 0 Å². The molecule has 0 aliphatic heterocycles. The van der Waals surface area contributed by atoms with Crippen molar-refractivity contribution in [3.63, 3.8) is 0 Å². The lowest BCUT2D eigenvalue weighted by molar-refractivity contribution is 0.164. The smallest absolute Gasteiger partial charge is 0.160 e. The van der Waals surface area contributed by atoms with E-state index >= 15 is 0 Å². The van der Waals surface area contributed by atoms with Crippen LogP contribution in [0.15, 0.2) is 18.2 Å². The van der Waals surface area contributed by atoms with Crippen molar-refractivity contribution in [1.82, 2.24) is 4.73 Å². The minimum Gasteiger partial charge on any atom is -0.427 e. The largest absolute Gasteiger partial charge is 0.427 e. The maximum atomic E-state index is 8.94. The van der Waals surface area contributed by atoms with Crippen LogP contribution in [0.3, 0.4) is 0 Å². The van der Waals surface area contributed by atoms with E-state index in [1.165, 1.54) is 6.07 Å². The van der Waals surface area contributed by atoms with Crippen LogP contribution in [0.2, 0.25) is 0 Å². The maximum absolute atomic E-state index is 8.94. The molecule has 3 nitrogen and oxygen atoms in total. The van der Waals surface area contributed by atoms with Gasteiger partial charge in [0.2, 0.25) is 0 Å². The van der Waals surface area contributed by atoms with Crippen LogP contribution in [0, 0.1) is 12.3 Å². The summed E-state index contributed by atoms with van der Waals surface area (Å²) in [6.07, 6.45) is 0. The zero-order chi connectivity index (χ0) is 6.85. The van der Waals surface area contributed by atoms with Gasteiger partial charge in [-0.3, -0.25) is 5.41 Å². The quantitative estimate of drug-likeness (QED) is 0.546. The lowest BCUT2D eigenvalue weighted by Crippen LogP contribution is -2.17. The van der Waals surface area contributed by atoms with Gasteiger partial charge in [-0.05, 0) is 19.1 Å². The van der Waals surface area contributed by atoms with Crippen LogP contribution in [-0.2, 0) is 0 Å². The first-order valence-electron chi connectivity index (χ1n) is 2.64. The molecule has 0 saturated carbocycles. The van der Waals surface area contributed by atoms with E-state index < -0.39 is 0 Å². The molecule has 0 unspecified atom stereocenters. The summed E-state index contributed by atoms with van der Waals surface area (Å²) in [7, 11) is 0. The molecule has 0 spiro atoms. The summed E-state index contributed by atoms with van der Waals surface area (Å²) in [5.74, 6) is 0. The van der Waals surface area contributed by atoms with Crippen LogP contribution in [0.5, 0.6) is 0 Å². The third-order valence-corrected chi connectivity index (χ3v) is 1.15. The highest BCUT2D eigenvalue weighted by Gasteiger charge is 1.88. The summed E-state index contributed by atoms with van der Waals surface area (Å²) in [4.78, 5) is 0. The molecule has 10 heavy (non-hydrogen) atoms. The summed E-state index contributed by atoms with van der Waals surface area (Å²) in [5.41, 5.74) is 0.775. The Bertz CT molecular complexity index is 269. The van der Waals surface area contributed by atoms with Gasteiger partial charge in [0.15, 0.2) is 5.49 Å². The summed E-state index contributed by atoms with van der Waals surface area (Å²) in [5, 5.41) is 16.0. The van der Waals surface area contributed by atoms with E-state index in [2.05, 4.69) is 0 Å². The van der Waals surface area contributed by atoms with Crippen molar-refractivity contribution in [2.24, 2.45) is 0 Å². The van der Waals surface area contributed by atoms with Gasteiger partial charge in [-0.15, -0.1) is 12.4 Å². The minimum absolute atomic E-state index is 0. The van der Waals surface area contributed by atoms with Crippen molar-refractivity contribution >= 4 is 12.4 Å². The van der Waals surface area contributed by atoms with Crippen LogP contribution in [0.1, 0.15) is 5.69 Å². The van der Waals surface area contributed by atoms with Crippen molar-refractivity contribution in [2.45, 2.75) is 6.92 Å². The minimum atomic E-state index is 0. The molecule has 0 aliphatic carbocycles. The van der Waals surface area contributed by atoms with E-state index in [4.69, 9.17) is 10.6 Å². The van der Waals surface area contributed by atoms with E-state index in [9.17, 15) is 0 Å². The van der Waals surface area contributed by atoms with Crippen LogP contribution in [0.4, 0.5) is 0 Å². The fraction of sp³-hybridized carbons (Fsp3) is 0.167. The van der Waals surface area contributed by atoms with Gasteiger partial charge in [0, 0.05) is 0 Å². The maximum Gasteiger partial charge on any atom is 0.160 e.